The Hall–Kier alpha value is -2.15. The van der Waals surface area contributed by atoms with Gasteiger partial charge in [0.2, 0.25) is 0 Å². The second-order valence-corrected chi connectivity index (χ2v) is 5.47. The highest BCUT2D eigenvalue weighted by Crippen LogP contribution is 2.27. The van der Waals surface area contributed by atoms with E-state index >= 15 is 0 Å². The first-order chi connectivity index (χ1) is 10.4. The number of nitrogens with zero attached hydrogens (tertiary/aromatic N) is 1. The Balaban J connectivity index is 2.14. The van der Waals surface area contributed by atoms with Crippen molar-refractivity contribution in [2.45, 2.75) is 26.2 Å². The van der Waals surface area contributed by atoms with Crippen molar-refractivity contribution in [2.24, 2.45) is 5.92 Å². The van der Waals surface area contributed by atoms with Crippen LogP contribution in [-0.2, 0) is 0 Å². The lowest BCUT2D eigenvalue weighted by Crippen LogP contribution is -2.33. The molecular weight excluding hydrogens is 254 g/mol. The zero-order chi connectivity index (χ0) is 14.5. The van der Waals surface area contributed by atoms with Crippen LogP contribution >= 0.6 is 0 Å². The van der Waals surface area contributed by atoms with Crippen LogP contribution < -0.4 is 10.4 Å². The smallest absolute Gasteiger partial charge is 0.0670 e. The number of hydrogen-bond acceptors (Lipinski definition) is 1. The van der Waals surface area contributed by atoms with Crippen LogP contribution in [0, 0.1) is 5.92 Å². The molecule has 21 heavy (non-hydrogen) atoms. The summed E-state index contributed by atoms with van der Waals surface area (Å²) in [6.45, 7) is 2.18. The van der Waals surface area contributed by atoms with Gasteiger partial charge < -0.3 is 0 Å². The fraction of sp³-hybridized carbons (Fsp3) is 0.250. The van der Waals surface area contributed by atoms with Crippen LogP contribution in [-0.4, -0.2) is 4.98 Å². The third-order valence-corrected chi connectivity index (χ3v) is 4.05. The van der Waals surface area contributed by atoms with E-state index in [-0.39, 0.29) is 0 Å². The standard InChI is InChI=1S/C20H21N/c1-2-3-4-10-17-14-13-16-9-5-6-11-18(16)20(17)19-12-7-8-15-21-19/h3-9,11-13,15,17H,2,10,14H2,1H3. The highest BCUT2D eigenvalue weighted by Gasteiger charge is 2.18. The molecule has 3 rings (SSSR count). The minimum absolute atomic E-state index is 0.526. The number of allylic oxidation sites excluding steroid dienone is 2. The first-order valence-corrected chi connectivity index (χ1v) is 7.76. The van der Waals surface area contributed by atoms with E-state index in [4.69, 9.17) is 0 Å². The molecule has 0 aliphatic heterocycles. The van der Waals surface area contributed by atoms with Gasteiger partial charge in [-0.2, -0.15) is 0 Å². The molecule has 0 bridgehead atoms. The predicted octanol–water partition coefficient (Wildman–Crippen LogP) is 3.44. The summed E-state index contributed by atoms with van der Waals surface area (Å²) in [6, 6.07) is 14.9. The van der Waals surface area contributed by atoms with E-state index in [0.29, 0.717) is 5.92 Å². The molecule has 0 N–H and O–H groups in total. The van der Waals surface area contributed by atoms with E-state index in [2.05, 4.69) is 66.5 Å². The highest BCUT2D eigenvalue weighted by molar-refractivity contribution is 5.67. The normalized spacial score (nSPS) is 17.6. The lowest BCUT2D eigenvalue weighted by atomic mass is 9.84. The average Bonchev–Trinajstić information content (AvgIpc) is 2.55. The van der Waals surface area contributed by atoms with Crippen LogP contribution in [0.15, 0.2) is 60.8 Å². The fourth-order valence-corrected chi connectivity index (χ4v) is 3.04. The van der Waals surface area contributed by atoms with E-state index < -0.39 is 0 Å². The molecule has 1 aromatic heterocycles. The number of rotatable bonds is 4. The maximum atomic E-state index is 4.60. The summed E-state index contributed by atoms with van der Waals surface area (Å²) < 4.78 is 0. The van der Waals surface area contributed by atoms with Crippen LogP contribution in [0.4, 0.5) is 0 Å². The Bertz CT molecular complexity index is 741. The topological polar surface area (TPSA) is 12.9 Å². The van der Waals surface area contributed by atoms with Gasteiger partial charge in [-0.3, -0.25) is 4.98 Å². The van der Waals surface area contributed by atoms with E-state index in [1.165, 1.54) is 16.0 Å². The molecule has 1 heterocycles. The molecule has 0 spiro atoms. The van der Waals surface area contributed by atoms with Gasteiger partial charge in [0.1, 0.15) is 0 Å². The Morgan fingerprint density at radius 1 is 1.10 bits per heavy atom. The molecular formula is C20H21N. The van der Waals surface area contributed by atoms with Gasteiger partial charge in [0.05, 0.1) is 5.69 Å². The largest absolute Gasteiger partial charge is 0.257 e. The fourth-order valence-electron chi connectivity index (χ4n) is 3.04. The molecule has 1 unspecified atom stereocenters. The molecule has 0 amide bonds. The Labute approximate surface area is 126 Å². The van der Waals surface area contributed by atoms with Crippen molar-refractivity contribution in [3.8, 4) is 0 Å². The SMILES string of the molecule is CCC=CCC1CC=c2ccccc2=C1c1ccccn1. The summed E-state index contributed by atoms with van der Waals surface area (Å²) >= 11 is 0. The second-order valence-electron chi connectivity index (χ2n) is 5.47. The van der Waals surface area contributed by atoms with Gasteiger partial charge in [0.25, 0.3) is 0 Å². The lowest BCUT2D eigenvalue weighted by molar-refractivity contribution is 0.697. The molecule has 0 saturated carbocycles. The van der Waals surface area contributed by atoms with Crippen molar-refractivity contribution < 1.29 is 0 Å². The van der Waals surface area contributed by atoms with Gasteiger partial charge in [0, 0.05) is 6.20 Å². The van der Waals surface area contributed by atoms with Crippen molar-refractivity contribution in [2.75, 3.05) is 0 Å². The van der Waals surface area contributed by atoms with E-state index in [1.54, 1.807) is 0 Å². The molecule has 0 saturated heterocycles. The number of fused-ring (bicyclic) bond motifs is 1. The summed E-state index contributed by atoms with van der Waals surface area (Å²) in [7, 11) is 0. The number of pyridine rings is 1. The summed E-state index contributed by atoms with van der Waals surface area (Å²) in [5, 5.41) is 2.69. The monoisotopic (exact) mass is 275 g/mol. The Morgan fingerprint density at radius 2 is 1.95 bits per heavy atom. The maximum Gasteiger partial charge on any atom is 0.0670 e. The first-order valence-electron chi connectivity index (χ1n) is 7.76. The summed E-state index contributed by atoms with van der Waals surface area (Å²) in [6.07, 6.45) is 12.1. The van der Waals surface area contributed by atoms with Crippen LogP contribution in [0.3, 0.4) is 0 Å². The van der Waals surface area contributed by atoms with Gasteiger partial charge in [0.15, 0.2) is 0 Å². The summed E-state index contributed by atoms with van der Waals surface area (Å²) in [5.74, 6) is 0.526. The van der Waals surface area contributed by atoms with Crippen molar-refractivity contribution in [1.82, 2.24) is 4.98 Å². The third kappa shape index (κ3) is 2.97. The van der Waals surface area contributed by atoms with Crippen molar-refractivity contribution in [3.63, 3.8) is 0 Å². The summed E-state index contributed by atoms with van der Waals surface area (Å²) in [4.78, 5) is 4.60. The van der Waals surface area contributed by atoms with E-state index in [9.17, 15) is 0 Å². The first kappa shape index (κ1) is 13.8. The highest BCUT2D eigenvalue weighted by atomic mass is 14.7. The summed E-state index contributed by atoms with van der Waals surface area (Å²) in [5.41, 5.74) is 2.52. The van der Waals surface area contributed by atoms with Crippen LogP contribution in [0.2, 0.25) is 0 Å². The molecule has 0 radical (unpaired) electrons. The zero-order valence-corrected chi connectivity index (χ0v) is 12.5. The van der Waals surface area contributed by atoms with E-state index in [1.807, 2.05) is 12.3 Å². The minimum Gasteiger partial charge on any atom is -0.257 e. The second kappa shape index (κ2) is 6.53. The van der Waals surface area contributed by atoms with Crippen molar-refractivity contribution in [3.05, 3.63) is 76.9 Å². The molecule has 0 fully saturated rings. The number of benzene rings is 1. The minimum atomic E-state index is 0.526. The van der Waals surface area contributed by atoms with Crippen LogP contribution in [0.25, 0.3) is 11.6 Å². The van der Waals surface area contributed by atoms with Gasteiger partial charge in [-0.25, -0.2) is 0 Å². The lowest BCUT2D eigenvalue weighted by Gasteiger charge is -2.21. The molecule has 1 heteroatoms. The van der Waals surface area contributed by atoms with Crippen LogP contribution in [0.1, 0.15) is 31.9 Å². The van der Waals surface area contributed by atoms with Crippen molar-refractivity contribution in [1.29, 1.82) is 0 Å². The van der Waals surface area contributed by atoms with Crippen LogP contribution in [0.5, 0.6) is 0 Å². The number of hydrogen-bond donors (Lipinski definition) is 0. The van der Waals surface area contributed by atoms with Gasteiger partial charge in [-0.1, -0.05) is 55.5 Å². The molecule has 1 aliphatic carbocycles. The third-order valence-electron chi connectivity index (χ3n) is 4.05. The molecule has 106 valence electrons. The van der Waals surface area contributed by atoms with Crippen molar-refractivity contribution >= 4 is 11.6 Å². The maximum absolute atomic E-state index is 4.60. The molecule has 1 aromatic carbocycles. The Kier molecular flexibility index (Phi) is 4.30. The molecule has 1 aliphatic rings. The molecule has 1 nitrogen and oxygen atoms in total. The van der Waals surface area contributed by atoms with Gasteiger partial charge in [-0.05, 0) is 53.3 Å². The van der Waals surface area contributed by atoms with Gasteiger partial charge >= 0.3 is 0 Å². The molecule has 1 atom stereocenters. The predicted molar refractivity (Wildman–Crippen MR) is 89.1 cm³/mol. The van der Waals surface area contributed by atoms with Gasteiger partial charge in [-0.15, -0.1) is 0 Å². The Morgan fingerprint density at radius 3 is 2.76 bits per heavy atom. The quantitative estimate of drug-likeness (QED) is 0.779. The molecule has 2 aromatic rings. The average molecular weight is 275 g/mol. The number of aromatic nitrogens is 1. The van der Waals surface area contributed by atoms with E-state index in [0.717, 1.165) is 25.0 Å². The zero-order valence-electron chi connectivity index (χ0n) is 12.5.